The molecule has 0 aromatic carbocycles. The second-order valence-corrected chi connectivity index (χ2v) is 8.70. The molecule has 1 rings (SSSR count). The Hall–Kier alpha value is -0.0182. The Bertz CT molecular complexity index is 227. The quantitative estimate of drug-likeness (QED) is 0.682. The Labute approximate surface area is 84.2 Å². The minimum atomic E-state index is -1.20. The highest BCUT2D eigenvalue weighted by atomic mass is 28.3. The number of hydrogen-bond acceptors (Lipinski definition) is 1. The van der Waals surface area contributed by atoms with Crippen LogP contribution in [0.1, 0.15) is 34.1 Å². The third-order valence-electron chi connectivity index (χ3n) is 3.72. The standard InChI is InChI=1S/C10H22BNSi/c1-6-10-9(4)13(5,8-3)12-11(10)7-2/h12H,6-8H2,1-5H3/t13-/m1/s1. The van der Waals surface area contributed by atoms with Crippen LogP contribution in [0.15, 0.2) is 10.7 Å². The molecule has 0 aromatic heterocycles. The van der Waals surface area contributed by atoms with Crippen LogP contribution in [0.4, 0.5) is 0 Å². The molecule has 1 N–H and O–H groups in total. The molecule has 0 radical (unpaired) electrons. The van der Waals surface area contributed by atoms with Crippen molar-refractivity contribution >= 4 is 15.1 Å². The molecule has 1 heterocycles. The van der Waals surface area contributed by atoms with E-state index < -0.39 is 8.24 Å². The van der Waals surface area contributed by atoms with Crippen LogP contribution in [0, 0.1) is 0 Å². The van der Waals surface area contributed by atoms with Crippen molar-refractivity contribution < 1.29 is 0 Å². The van der Waals surface area contributed by atoms with Gasteiger partial charge in [-0.05, 0) is 19.4 Å². The molecule has 1 aliphatic heterocycles. The van der Waals surface area contributed by atoms with E-state index in [0.717, 1.165) is 0 Å². The Kier molecular flexibility index (Phi) is 3.41. The van der Waals surface area contributed by atoms with Crippen molar-refractivity contribution in [2.75, 3.05) is 0 Å². The van der Waals surface area contributed by atoms with E-state index in [2.05, 4.69) is 39.1 Å². The summed E-state index contributed by atoms with van der Waals surface area (Å²) in [6, 6.07) is 1.33. The highest BCUT2D eigenvalue weighted by Gasteiger charge is 2.40. The van der Waals surface area contributed by atoms with Crippen molar-refractivity contribution in [2.45, 2.75) is 53.0 Å². The summed E-state index contributed by atoms with van der Waals surface area (Å²) in [6.07, 6.45) is 2.49. The summed E-state index contributed by atoms with van der Waals surface area (Å²) in [5.41, 5.74) is 1.71. The van der Waals surface area contributed by atoms with Gasteiger partial charge in [-0.2, -0.15) is 0 Å². The second-order valence-electron chi connectivity index (χ2n) is 4.29. The molecule has 13 heavy (non-hydrogen) atoms. The van der Waals surface area contributed by atoms with Gasteiger partial charge in [-0.1, -0.05) is 44.3 Å². The van der Waals surface area contributed by atoms with Crippen molar-refractivity contribution in [3.63, 3.8) is 0 Å². The van der Waals surface area contributed by atoms with E-state index in [1.807, 2.05) is 0 Å². The molecule has 0 amide bonds. The van der Waals surface area contributed by atoms with Crippen molar-refractivity contribution in [1.82, 2.24) is 4.89 Å². The lowest BCUT2D eigenvalue weighted by atomic mass is 9.54. The summed E-state index contributed by atoms with van der Waals surface area (Å²) in [7, 11) is -1.20. The maximum absolute atomic E-state index is 3.88. The Morgan fingerprint density at radius 3 is 2.23 bits per heavy atom. The fourth-order valence-electron chi connectivity index (χ4n) is 2.42. The Morgan fingerprint density at radius 2 is 1.92 bits per heavy atom. The summed E-state index contributed by atoms with van der Waals surface area (Å²) in [4.78, 5) is 3.88. The van der Waals surface area contributed by atoms with Gasteiger partial charge in [0.15, 0.2) is 0 Å². The van der Waals surface area contributed by atoms with Gasteiger partial charge in [0.2, 0.25) is 6.85 Å². The smallest absolute Gasteiger partial charge is 0.243 e. The zero-order valence-corrected chi connectivity index (χ0v) is 10.7. The summed E-state index contributed by atoms with van der Waals surface area (Å²) in [5.74, 6) is 0. The van der Waals surface area contributed by atoms with Gasteiger partial charge in [0.05, 0.1) is 0 Å². The van der Waals surface area contributed by atoms with Gasteiger partial charge in [-0.15, -0.1) is 0 Å². The molecule has 1 atom stereocenters. The molecule has 3 heteroatoms. The van der Waals surface area contributed by atoms with Crippen molar-refractivity contribution in [3.8, 4) is 0 Å². The normalized spacial score (nSPS) is 28.8. The van der Waals surface area contributed by atoms with Gasteiger partial charge < -0.3 is 4.89 Å². The SMILES string of the molecule is CCB1N[Si@](C)(CC)C(C)=C1CC. The minimum Gasteiger partial charge on any atom is -0.371 e. The van der Waals surface area contributed by atoms with E-state index in [9.17, 15) is 0 Å². The van der Waals surface area contributed by atoms with Gasteiger partial charge >= 0.3 is 0 Å². The molecule has 0 aliphatic carbocycles. The predicted octanol–water partition coefficient (Wildman–Crippen LogP) is 3.00. The van der Waals surface area contributed by atoms with E-state index in [0.29, 0.717) is 6.85 Å². The van der Waals surface area contributed by atoms with Crippen LogP contribution in [0.25, 0.3) is 0 Å². The molecule has 1 nitrogen and oxygen atoms in total. The predicted molar refractivity (Wildman–Crippen MR) is 64.5 cm³/mol. The molecular weight excluding hydrogens is 173 g/mol. The maximum atomic E-state index is 3.88. The molecule has 0 saturated carbocycles. The average Bonchev–Trinajstić information content (AvgIpc) is 2.40. The van der Waals surface area contributed by atoms with Crippen LogP contribution in [0.3, 0.4) is 0 Å². The first-order valence-corrected chi connectivity index (χ1v) is 8.27. The molecule has 0 saturated heterocycles. The summed E-state index contributed by atoms with van der Waals surface area (Å²) < 4.78 is 0. The van der Waals surface area contributed by atoms with E-state index in [-0.39, 0.29) is 0 Å². The van der Waals surface area contributed by atoms with Gasteiger partial charge in [0.1, 0.15) is 8.24 Å². The third kappa shape index (κ3) is 1.77. The largest absolute Gasteiger partial charge is 0.371 e. The molecular formula is C10H22BNSi. The average molecular weight is 195 g/mol. The Morgan fingerprint density at radius 1 is 1.31 bits per heavy atom. The fourth-order valence-corrected chi connectivity index (χ4v) is 5.58. The van der Waals surface area contributed by atoms with E-state index in [4.69, 9.17) is 0 Å². The molecule has 0 fully saturated rings. The second kappa shape index (κ2) is 4.01. The zero-order chi connectivity index (χ0) is 10.1. The number of hydrogen-bond donors (Lipinski definition) is 1. The van der Waals surface area contributed by atoms with E-state index in [1.165, 1.54) is 18.8 Å². The van der Waals surface area contributed by atoms with Crippen molar-refractivity contribution in [2.24, 2.45) is 0 Å². The topological polar surface area (TPSA) is 12.0 Å². The monoisotopic (exact) mass is 195 g/mol. The fraction of sp³-hybridized carbons (Fsp3) is 0.800. The van der Waals surface area contributed by atoms with Crippen molar-refractivity contribution in [1.29, 1.82) is 0 Å². The van der Waals surface area contributed by atoms with Crippen LogP contribution < -0.4 is 4.89 Å². The first-order chi connectivity index (χ1) is 6.09. The number of nitrogens with one attached hydrogen (secondary N) is 1. The Balaban J connectivity index is 2.95. The lowest BCUT2D eigenvalue weighted by molar-refractivity contribution is 1.15. The lowest BCUT2D eigenvalue weighted by Gasteiger charge is -2.23. The first kappa shape index (κ1) is 11.1. The first-order valence-electron chi connectivity index (χ1n) is 5.56. The van der Waals surface area contributed by atoms with E-state index in [1.54, 1.807) is 10.7 Å². The van der Waals surface area contributed by atoms with Crippen LogP contribution in [-0.2, 0) is 0 Å². The van der Waals surface area contributed by atoms with Gasteiger partial charge in [-0.25, -0.2) is 0 Å². The summed E-state index contributed by atoms with van der Waals surface area (Å²) >= 11 is 0. The van der Waals surface area contributed by atoms with Crippen LogP contribution in [-0.4, -0.2) is 15.1 Å². The molecule has 1 aliphatic rings. The zero-order valence-electron chi connectivity index (χ0n) is 9.70. The van der Waals surface area contributed by atoms with E-state index >= 15 is 0 Å². The molecule has 0 unspecified atom stereocenters. The highest BCUT2D eigenvalue weighted by Crippen LogP contribution is 2.30. The number of rotatable bonds is 3. The van der Waals surface area contributed by atoms with Crippen LogP contribution in [0.5, 0.6) is 0 Å². The van der Waals surface area contributed by atoms with Crippen molar-refractivity contribution in [3.05, 3.63) is 10.7 Å². The third-order valence-corrected chi connectivity index (χ3v) is 8.10. The van der Waals surface area contributed by atoms with Crippen LogP contribution in [0.2, 0.25) is 18.9 Å². The van der Waals surface area contributed by atoms with Gasteiger partial charge in [0, 0.05) is 0 Å². The lowest BCUT2D eigenvalue weighted by Crippen LogP contribution is -2.49. The maximum Gasteiger partial charge on any atom is 0.243 e. The summed E-state index contributed by atoms with van der Waals surface area (Å²) in [6.45, 7) is 12.4. The summed E-state index contributed by atoms with van der Waals surface area (Å²) in [5, 5.41) is 1.73. The molecule has 0 aromatic rings. The molecule has 0 bridgehead atoms. The minimum absolute atomic E-state index is 0.696. The van der Waals surface area contributed by atoms with Gasteiger partial charge in [-0.3, -0.25) is 0 Å². The van der Waals surface area contributed by atoms with Crippen LogP contribution >= 0.6 is 0 Å². The van der Waals surface area contributed by atoms with Gasteiger partial charge in [0.25, 0.3) is 0 Å². The molecule has 0 spiro atoms. The highest BCUT2D eigenvalue weighted by molar-refractivity contribution is 6.96. The molecule has 74 valence electrons. The number of allylic oxidation sites excluding steroid dienone is 2.